The number of carbonyl (C=O) groups excluding carboxylic acids is 2. The van der Waals surface area contributed by atoms with Crippen molar-refractivity contribution >= 4 is 23.2 Å². The molecule has 2 heterocycles. The lowest BCUT2D eigenvalue weighted by molar-refractivity contribution is -0.135. The van der Waals surface area contributed by atoms with Gasteiger partial charge in [-0.1, -0.05) is 24.3 Å². The fourth-order valence-corrected chi connectivity index (χ4v) is 5.04. The minimum absolute atomic E-state index is 0.0296. The van der Waals surface area contributed by atoms with Crippen LogP contribution < -0.4 is 9.47 Å². The lowest BCUT2D eigenvalue weighted by atomic mass is 10.0. The molecule has 0 N–H and O–H groups in total. The number of rotatable bonds is 9. The van der Waals surface area contributed by atoms with Gasteiger partial charge in [0.15, 0.2) is 0 Å². The molecule has 176 valence electrons. The maximum atomic E-state index is 13.5. The maximum absolute atomic E-state index is 13.5. The number of methoxy groups -OCH3 is 1. The second kappa shape index (κ2) is 11.0. The van der Waals surface area contributed by atoms with E-state index in [9.17, 15) is 9.59 Å². The van der Waals surface area contributed by atoms with Gasteiger partial charge in [0, 0.05) is 23.5 Å². The van der Waals surface area contributed by atoms with Gasteiger partial charge in [0.25, 0.3) is 5.91 Å². The van der Waals surface area contributed by atoms with E-state index in [1.165, 1.54) is 9.78 Å². The molecule has 7 heteroatoms. The molecule has 1 aliphatic heterocycles. The van der Waals surface area contributed by atoms with Crippen molar-refractivity contribution in [3.63, 3.8) is 0 Å². The molecule has 0 radical (unpaired) electrons. The second-order valence-electron chi connectivity index (χ2n) is 7.98. The Morgan fingerprint density at radius 1 is 1.12 bits per heavy atom. The van der Waals surface area contributed by atoms with E-state index in [2.05, 4.69) is 18.0 Å². The molecule has 3 aromatic rings. The van der Waals surface area contributed by atoms with Crippen LogP contribution in [0.15, 0.2) is 78.7 Å². The summed E-state index contributed by atoms with van der Waals surface area (Å²) in [6.45, 7) is 4.96. The Labute approximate surface area is 204 Å². The Bertz CT molecular complexity index is 1130. The van der Waals surface area contributed by atoms with Crippen molar-refractivity contribution in [2.24, 2.45) is 0 Å². The summed E-state index contributed by atoms with van der Waals surface area (Å²) in [5, 5.41) is 2.06. The first-order chi connectivity index (χ1) is 16.6. The topological polar surface area (TPSA) is 59.1 Å². The van der Waals surface area contributed by atoms with E-state index >= 15 is 0 Å². The smallest absolute Gasteiger partial charge is 0.254 e. The largest absolute Gasteiger partial charge is 0.497 e. The minimum atomic E-state index is -0.221. The zero-order chi connectivity index (χ0) is 23.9. The number of hydrogen-bond donors (Lipinski definition) is 0. The van der Waals surface area contributed by atoms with Crippen molar-refractivity contribution in [2.75, 3.05) is 33.4 Å². The van der Waals surface area contributed by atoms with Crippen LogP contribution in [-0.4, -0.2) is 55.0 Å². The summed E-state index contributed by atoms with van der Waals surface area (Å²) in [6.07, 6.45) is 2.44. The van der Waals surface area contributed by atoms with Crippen LogP contribution >= 0.6 is 11.3 Å². The number of ether oxygens (including phenoxy) is 2. The highest BCUT2D eigenvalue weighted by molar-refractivity contribution is 7.10. The van der Waals surface area contributed by atoms with Crippen molar-refractivity contribution in [1.29, 1.82) is 0 Å². The standard InChI is InChI=1S/C27H28N2O4S/c1-3-15-28(27(31)20-9-11-21(32-2)12-10-20)18-26(30)29-16-13-25-23(14-17-34-25)24(29)19-33-22-7-5-4-6-8-22/h3-12,14,17,24H,1,13,15-16,18-19H2,2H3/t24-/m1/s1. The summed E-state index contributed by atoms with van der Waals surface area (Å²) < 4.78 is 11.2. The first-order valence-corrected chi connectivity index (χ1v) is 12.1. The molecule has 6 nitrogen and oxygen atoms in total. The summed E-state index contributed by atoms with van der Waals surface area (Å²) >= 11 is 1.71. The van der Waals surface area contributed by atoms with Crippen molar-refractivity contribution in [1.82, 2.24) is 9.80 Å². The first kappa shape index (κ1) is 23.6. The van der Waals surface area contributed by atoms with E-state index < -0.39 is 0 Å². The molecule has 2 aromatic carbocycles. The van der Waals surface area contributed by atoms with Gasteiger partial charge in [0.05, 0.1) is 13.2 Å². The normalized spacial score (nSPS) is 14.7. The van der Waals surface area contributed by atoms with Gasteiger partial charge in [0.2, 0.25) is 5.91 Å². The van der Waals surface area contributed by atoms with E-state index in [-0.39, 0.29) is 30.9 Å². The number of para-hydroxylation sites is 1. The van der Waals surface area contributed by atoms with Crippen LogP contribution in [0, 0.1) is 0 Å². The molecule has 1 aromatic heterocycles. The second-order valence-corrected chi connectivity index (χ2v) is 8.98. The summed E-state index contributed by atoms with van der Waals surface area (Å²) in [5.41, 5.74) is 1.62. The zero-order valence-corrected chi connectivity index (χ0v) is 20.0. The van der Waals surface area contributed by atoms with Crippen LogP contribution in [0.3, 0.4) is 0 Å². The predicted molar refractivity (Wildman–Crippen MR) is 134 cm³/mol. The summed E-state index contributed by atoms with van der Waals surface area (Å²) in [4.78, 5) is 31.3. The molecule has 0 bridgehead atoms. The molecule has 0 saturated heterocycles. The molecule has 0 unspecified atom stereocenters. The minimum Gasteiger partial charge on any atom is -0.497 e. The molecule has 1 aliphatic rings. The molecular weight excluding hydrogens is 448 g/mol. The highest BCUT2D eigenvalue weighted by Crippen LogP contribution is 2.34. The molecule has 1 atom stereocenters. The van der Waals surface area contributed by atoms with Crippen molar-refractivity contribution < 1.29 is 19.1 Å². The quantitative estimate of drug-likeness (QED) is 0.424. The Hall–Kier alpha value is -3.58. The van der Waals surface area contributed by atoms with Crippen LogP contribution in [-0.2, 0) is 11.2 Å². The third-order valence-corrected chi connectivity index (χ3v) is 6.86. The van der Waals surface area contributed by atoms with E-state index in [1.807, 2.05) is 35.2 Å². The van der Waals surface area contributed by atoms with Gasteiger partial charge in [-0.25, -0.2) is 0 Å². The van der Waals surface area contributed by atoms with Gasteiger partial charge >= 0.3 is 0 Å². The van der Waals surface area contributed by atoms with Gasteiger partial charge in [-0.3, -0.25) is 9.59 Å². The van der Waals surface area contributed by atoms with E-state index in [0.717, 1.165) is 17.7 Å². The summed E-state index contributed by atoms with van der Waals surface area (Å²) in [5.74, 6) is 1.10. The average Bonchev–Trinajstić information content (AvgIpc) is 3.36. The predicted octanol–water partition coefficient (Wildman–Crippen LogP) is 4.59. The summed E-state index contributed by atoms with van der Waals surface area (Å²) in [7, 11) is 1.58. The SMILES string of the molecule is C=CCN(CC(=O)N1CCc2sccc2[C@H]1COc1ccccc1)C(=O)c1ccc(OC)cc1. The number of nitrogens with zero attached hydrogens (tertiary/aromatic N) is 2. The molecule has 0 spiro atoms. The number of benzene rings is 2. The van der Waals surface area contributed by atoms with Crippen LogP contribution in [0.4, 0.5) is 0 Å². The van der Waals surface area contributed by atoms with Crippen LogP contribution in [0.25, 0.3) is 0 Å². The molecular formula is C27H28N2O4S. The number of carbonyl (C=O) groups is 2. The molecule has 4 rings (SSSR count). The van der Waals surface area contributed by atoms with Gasteiger partial charge in [-0.2, -0.15) is 0 Å². The Balaban J connectivity index is 1.51. The third kappa shape index (κ3) is 5.31. The molecule has 0 fully saturated rings. The zero-order valence-electron chi connectivity index (χ0n) is 19.2. The van der Waals surface area contributed by atoms with E-state index in [0.29, 0.717) is 24.5 Å². The van der Waals surface area contributed by atoms with Crippen molar-refractivity contribution in [3.05, 3.63) is 94.7 Å². The lowest BCUT2D eigenvalue weighted by Crippen LogP contribution is -2.47. The monoisotopic (exact) mass is 476 g/mol. The number of amides is 2. The van der Waals surface area contributed by atoms with Crippen LogP contribution in [0.1, 0.15) is 26.8 Å². The Kier molecular flexibility index (Phi) is 7.65. The maximum Gasteiger partial charge on any atom is 0.254 e. The lowest BCUT2D eigenvalue weighted by Gasteiger charge is -2.37. The number of hydrogen-bond acceptors (Lipinski definition) is 5. The highest BCUT2D eigenvalue weighted by Gasteiger charge is 2.33. The molecule has 0 aliphatic carbocycles. The van der Waals surface area contributed by atoms with E-state index in [4.69, 9.17) is 9.47 Å². The van der Waals surface area contributed by atoms with Gasteiger partial charge in [0.1, 0.15) is 24.7 Å². The van der Waals surface area contributed by atoms with E-state index in [1.54, 1.807) is 48.8 Å². The molecule has 34 heavy (non-hydrogen) atoms. The third-order valence-electron chi connectivity index (χ3n) is 5.87. The molecule has 2 amide bonds. The van der Waals surface area contributed by atoms with Crippen molar-refractivity contribution in [2.45, 2.75) is 12.5 Å². The number of fused-ring (bicyclic) bond motifs is 1. The van der Waals surface area contributed by atoms with Crippen LogP contribution in [0.2, 0.25) is 0 Å². The van der Waals surface area contributed by atoms with Gasteiger partial charge < -0.3 is 19.3 Å². The average molecular weight is 477 g/mol. The first-order valence-electron chi connectivity index (χ1n) is 11.2. The van der Waals surface area contributed by atoms with Gasteiger partial charge in [-0.05, 0) is 59.8 Å². The van der Waals surface area contributed by atoms with Gasteiger partial charge in [-0.15, -0.1) is 17.9 Å². The highest BCUT2D eigenvalue weighted by atomic mass is 32.1. The van der Waals surface area contributed by atoms with Crippen molar-refractivity contribution in [3.8, 4) is 11.5 Å². The summed E-state index contributed by atoms with van der Waals surface area (Å²) in [6, 6.07) is 18.3. The Morgan fingerprint density at radius 2 is 1.88 bits per heavy atom. The fourth-order valence-electron chi connectivity index (χ4n) is 4.11. The fraction of sp³-hybridized carbons (Fsp3) is 0.259. The Morgan fingerprint density at radius 3 is 2.59 bits per heavy atom. The number of thiophene rings is 1. The molecule has 0 saturated carbocycles. The van der Waals surface area contributed by atoms with Crippen LogP contribution in [0.5, 0.6) is 11.5 Å².